The summed E-state index contributed by atoms with van der Waals surface area (Å²) in [6.07, 6.45) is 68.2. The van der Waals surface area contributed by atoms with Crippen LogP contribution in [0.1, 0.15) is 303 Å². The van der Waals surface area contributed by atoms with E-state index in [-0.39, 0.29) is 31.1 Å². The van der Waals surface area contributed by atoms with Crippen molar-refractivity contribution in [3.05, 3.63) is 48.6 Å². The van der Waals surface area contributed by atoms with E-state index in [0.717, 1.165) is 70.6 Å². The van der Waals surface area contributed by atoms with Crippen LogP contribution in [0, 0.1) is 0 Å². The van der Waals surface area contributed by atoms with Gasteiger partial charge in [0.15, 0.2) is 6.10 Å². The average molecular weight is 940 g/mol. The summed E-state index contributed by atoms with van der Waals surface area (Å²) in [5.41, 5.74) is 0. The number of hydrogen-bond acceptors (Lipinski definition) is 6. The van der Waals surface area contributed by atoms with Gasteiger partial charge < -0.3 is 14.2 Å². The second kappa shape index (κ2) is 56.0. The van der Waals surface area contributed by atoms with E-state index in [4.69, 9.17) is 14.2 Å². The van der Waals surface area contributed by atoms with Gasteiger partial charge in [-0.05, 0) is 38.5 Å². The maximum absolute atomic E-state index is 12.9. The van der Waals surface area contributed by atoms with Crippen molar-refractivity contribution in [3.8, 4) is 0 Å². The molecular weight excluding hydrogens is 829 g/mol. The molecule has 1 atom stereocenters. The topological polar surface area (TPSA) is 78.9 Å². The summed E-state index contributed by atoms with van der Waals surface area (Å²) < 4.78 is 16.8. The van der Waals surface area contributed by atoms with E-state index in [0.29, 0.717) is 19.3 Å². The maximum Gasteiger partial charge on any atom is 0.306 e. The van der Waals surface area contributed by atoms with Crippen LogP contribution < -0.4 is 0 Å². The number of hydrogen-bond donors (Lipinski definition) is 0. The first-order valence-electron chi connectivity index (χ1n) is 29.2. The van der Waals surface area contributed by atoms with Crippen molar-refractivity contribution < 1.29 is 28.6 Å². The van der Waals surface area contributed by atoms with Gasteiger partial charge in [-0.1, -0.05) is 294 Å². The largest absolute Gasteiger partial charge is 0.462 e. The Labute approximate surface area is 416 Å². The molecule has 0 radical (unpaired) electrons. The Hall–Kier alpha value is -2.63. The first kappa shape index (κ1) is 64.4. The third-order valence-electron chi connectivity index (χ3n) is 12.9. The number of esters is 3. The molecule has 0 bridgehead atoms. The molecule has 0 aromatic heterocycles. The van der Waals surface area contributed by atoms with E-state index in [9.17, 15) is 14.4 Å². The van der Waals surface area contributed by atoms with E-state index < -0.39 is 6.10 Å². The molecule has 0 heterocycles. The van der Waals surface area contributed by atoms with Crippen LogP contribution in [-0.2, 0) is 28.6 Å². The van der Waals surface area contributed by atoms with Gasteiger partial charge in [0.25, 0.3) is 0 Å². The Morgan fingerprint density at radius 1 is 0.313 bits per heavy atom. The zero-order chi connectivity index (χ0) is 48.6. The van der Waals surface area contributed by atoms with E-state index in [1.54, 1.807) is 0 Å². The van der Waals surface area contributed by atoms with Gasteiger partial charge in [-0.25, -0.2) is 0 Å². The number of rotatable bonds is 53. The SMILES string of the molecule is CC/C=C/C=C/C=C/C=C/CCCCCC(=O)OCC(COC(=O)CCCCCCCCCCCCCCCCCCCC)OC(=O)CCCCCCCCCCCCCCCCCCCC. The molecule has 0 rings (SSSR count). The molecule has 0 saturated heterocycles. The van der Waals surface area contributed by atoms with Crippen molar-refractivity contribution in [1.29, 1.82) is 0 Å². The quantitative estimate of drug-likeness (QED) is 0.0262. The predicted octanol–water partition coefficient (Wildman–Crippen LogP) is 19.4. The Kier molecular flexibility index (Phi) is 53.8. The Morgan fingerprint density at radius 3 is 0.910 bits per heavy atom. The van der Waals surface area contributed by atoms with E-state index in [1.165, 1.54) is 193 Å². The highest BCUT2D eigenvalue weighted by molar-refractivity contribution is 5.71. The summed E-state index contributed by atoms with van der Waals surface area (Å²) in [5.74, 6) is -0.904. The Bertz CT molecular complexity index is 1170. The van der Waals surface area contributed by atoms with Crippen molar-refractivity contribution >= 4 is 17.9 Å². The molecule has 6 heteroatoms. The fourth-order valence-corrected chi connectivity index (χ4v) is 8.57. The summed E-state index contributed by atoms with van der Waals surface area (Å²) in [4.78, 5) is 38.1. The second-order valence-electron chi connectivity index (χ2n) is 19.6. The van der Waals surface area contributed by atoms with Crippen LogP contribution in [0.5, 0.6) is 0 Å². The lowest BCUT2D eigenvalue weighted by Gasteiger charge is -2.18. The molecule has 390 valence electrons. The summed E-state index contributed by atoms with van der Waals surface area (Å²) >= 11 is 0. The lowest BCUT2D eigenvalue weighted by Crippen LogP contribution is -2.30. The van der Waals surface area contributed by atoms with Gasteiger partial charge in [-0.3, -0.25) is 14.4 Å². The third-order valence-corrected chi connectivity index (χ3v) is 12.9. The minimum atomic E-state index is -0.785. The second-order valence-corrected chi connectivity index (χ2v) is 19.6. The van der Waals surface area contributed by atoms with Crippen LogP contribution in [0.4, 0.5) is 0 Å². The molecule has 0 saturated carbocycles. The van der Waals surface area contributed by atoms with Crippen molar-refractivity contribution in [2.45, 2.75) is 309 Å². The van der Waals surface area contributed by atoms with E-state index in [2.05, 4.69) is 39.0 Å². The highest BCUT2D eigenvalue weighted by Crippen LogP contribution is 2.17. The minimum absolute atomic E-state index is 0.0813. The van der Waals surface area contributed by atoms with Gasteiger partial charge >= 0.3 is 17.9 Å². The fourth-order valence-electron chi connectivity index (χ4n) is 8.57. The Morgan fingerprint density at radius 2 is 0.582 bits per heavy atom. The first-order chi connectivity index (χ1) is 33.0. The van der Waals surface area contributed by atoms with Gasteiger partial charge in [0.2, 0.25) is 0 Å². The van der Waals surface area contributed by atoms with Crippen molar-refractivity contribution in [2.75, 3.05) is 13.2 Å². The number of allylic oxidation sites excluding steroid dienone is 8. The molecule has 0 aromatic rings. The summed E-state index contributed by atoms with van der Waals surface area (Å²) in [6.45, 7) is 6.51. The molecule has 0 spiro atoms. The van der Waals surface area contributed by atoms with E-state index >= 15 is 0 Å². The molecule has 0 aliphatic rings. The smallest absolute Gasteiger partial charge is 0.306 e. The lowest BCUT2D eigenvalue weighted by atomic mass is 10.0. The average Bonchev–Trinajstić information content (AvgIpc) is 3.33. The van der Waals surface area contributed by atoms with Crippen molar-refractivity contribution in [1.82, 2.24) is 0 Å². The normalized spacial score (nSPS) is 12.3. The number of carbonyl (C=O) groups is 3. The number of unbranched alkanes of at least 4 members (excludes halogenated alkanes) is 37. The van der Waals surface area contributed by atoms with Crippen LogP contribution >= 0.6 is 0 Å². The molecule has 0 aromatic carbocycles. The standard InChI is InChI=1S/C61H110O6/c1-4-7-10-13-16-19-22-25-27-29-31-33-36-39-42-45-48-51-54-60(63)66-57-58(56-65-59(62)53-50-47-44-41-38-35-24-21-18-15-12-9-6-3)67-61(64)55-52-49-46-43-40-37-34-32-30-28-26-23-20-17-14-11-8-5-2/h9,12,15,18,21,24,35,38,58H,4-8,10-11,13-14,16-17,19-20,22-23,25-34,36-37,39-57H2,1-3H3/b12-9+,18-15+,24-21+,38-35+. The van der Waals surface area contributed by atoms with Crippen LogP contribution in [0.15, 0.2) is 48.6 Å². The lowest BCUT2D eigenvalue weighted by molar-refractivity contribution is -0.167. The molecule has 1 unspecified atom stereocenters. The zero-order valence-corrected chi connectivity index (χ0v) is 44.7. The fraction of sp³-hybridized carbons (Fsp3) is 0.820. The molecule has 6 nitrogen and oxygen atoms in total. The van der Waals surface area contributed by atoms with Gasteiger partial charge in [0, 0.05) is 19.3 Å². The van der Waals surface area contributed by atoms with Crippen LogP contribution in [0.3, 0.4) is 0 Å². The van der Waals surface area contributed by atoms with Gasteiger partial charge in [-0.2, -0.15) is 0 Å². The van der Waals surface area contributed by atoms with Crippen molar-refractivity contribution in [2.24, 2.45) is 0 Å². The van der Waals surface area contributed by atoms with Gasteiger partial charge in [0.05, 0.1) is 0 Å². The molecule has 0 fully saturated rings. The predicted molar refractivity (Wildman–Crippen MR) is 289 cm³/mol. The van der Waals surface area contributed by atoms with Crippen LogP contribution in [0.25, 0.3) is 0 Å². The number of carbonyl (C=O) groups excluding carboxylic acids is 3. The molecule has 0 aliphatic carbocycles. The maximum atomic E-state index is 12.9. The third kappa shape index (κ3) is 54.2. The monoisotopic (exact) mass is 939 g/mol. The van der Waals surface area contributed by atoms with Crippen LogP contribution in [-0.4, -0.2) is 37.2 Å². The summed E-state index contributed by atoms with van der Waals surface area (Å²) in [6, 6.07) is 0. The first-order valence-corrected chi connectivity index (χ1v) is 29.2. The summed E-state index contributed by atoms with van der Waals surface area (Å²) in [5, 5.41) is 0. The molecule has 0 amide bonds. The molecular formula is C61H110O6. The van der Waals surface area contributed by atoms with Gasteiger partial charge in [-0.15, -0.1) is 0 Å². The molecule has 67 heavy (non-hydrogen) atoms. The van der Waals surface area contributed by atoms with Crippen LogP contribution in [0.2, 0.25) is 0 Å². The summed E-state index contributed by atoms with van der Waals surface area (Å²) in [7, 11) is 0. The molecule has 0 N–H and O–H groups in total. The zero-order valence-electron chi connectivity index (χ0n) is 44.7. The minimum Gasteiger partial charge on any atom is -0.462 e. The highest BCUT2D eigenvalue weighted by atomic mass is 16.6. The van der Waals surface area contributed by atoms with E-state index in [1.807, 2.05) is 30.4 Å². The van der Waals surface area contributed by atoms with Gasteiger partial charge in [0.1, 0.15) is 13.2 Å². The van der Waals surface area contributed by atoms with Crippen molar-refractivity contribution in [3.63, 3.8) is 0 Å². The highest BCUT2D eigenvalue weighted by Gasteiger charge is 2.19. The molecule has 0 aliphatic heterocycles. The Balaban J connectivity index is 4.34. The number of ether oxygens (including phenoxy) is 3.